The van der Waals surface area contributed by atoms with Crippen LogP contribution < -0.4 is 15.6 Å². The van der Waals surface area contributed by atoms with Gasteiger partial charge < -0.3 is 4.74 Å². The summed E-state index contributed by atoms with van der Waals surface area (Å²) in [5, 5.41) is 8.89. The molecule has 0 bridgehead atoms. The van der Waals surface area contributed by atoms with Crippen LogP contribution in [0.15, 0.2) is 48.7 Å². The maximum Gasteiger partial charge on any atom is 0.288 e. The Morgan fingerprint density at radius 1 is 1.14 bits per heavy atom. The third kappa shape index (κ3) is 4.05. The molecular weight excluding hydrogens is 284 g/mol. The molecule has 1 aromatic carbocycles. The van der Waals surface area contributed by atoms with Crippen molar-refractivity contribution in [2.75, 3.05) is 6.61 Å². The molecule has 7 heteroatoms. The number of aromatic nitrogens is 1. The second-order valence-corrected chi connectivity index (χ2v) is 4.11. The molecule has 0 aliphatic heterocycles. The molecule has 2 aromatic rings. The standard InChI is InChI=1S/C15H12N4O3/c16-9-11-5-1-2-7-13(11)22-10-14(20)18-19-15(21)12-6-3-4-8-17-12/h1-8H,10H2,(H,18,20)(H,19,21). The minimum Gasteiger partial charge on any atom is -0.482 e. The topological polar surface area (TPSA) is 104 Å². The molecule has 0 fully saturated rings. The van der Waals surface area contributed by atoms with Gasteiger partial charge in [-0.25, -0.2) is 0 Å². The van der Waals surface area contributed by atoms with Crippen LogP contribution in [0.4, 0.5) is 0 Å². The van der Waals surface area contributed by atoms with Gasteiger partial charge in [0.2, 0.25) is 0 Å². The highest BCUT2D eigenvalue weighted by molar-refractivity contribution is 5.93. The van der Waals surface area contributed by atoms with Crippen molar-refractivity contribution in [1.29, 1.82) is 5.26 Å². The maximum atomic E-state index is 11.7. The summed E-state index contributed by atoms with van der Waals surface area (Å²) < 4.78 is 5.23. The lowest BCUT2D eigenvalue weighted by Gasteiger charge is -2.09. The van der Waals surface area contributed by atoms with E-state index in [1.165, 1.54) is 12.3 Å². The zero-order valence-electron chi connectivity index (χ0n) is 11.4. The zero-order chi connectivity index (χ0) is 15.8. The number of hydrazine groups is 1. The zero-order valence-corrected chi connectivity index (χ0v) is 11.4. The Labute approximate surface area is 126 Å². The van der Waals surface area contributed by atoms with Crippen LogP contribution >= 0.6 is 0 Å². The molecule has 1 aromatic heterocycles. The number of benzene rings is 1. The first-order valence-corrected chi connectivity index (χ1v) is 6.33. The van der Waals surface area contributed by atoms with Crippen LogP contribution in [0.5, 0.6) is 5.75 Å². The van der Waals surface area contributed by atoms with Crippen LogP contribution in [0, 0.1) is 11.3 Å². The Morgan fingerprint density at radius 2 is 1.91 bits per heavy atom. The normalized spacial score (nSPS) is 9.41. The average molecular weight is 296 g/mol. The van der Waals surface area contributed by atoms with Gasteiger partial charge in [0.1, 0.15) is 17.5 Å². The number of carbonyl (C=O) groups is 2. The van der Waals surface area contributed by atoms with E-state index in [0.29, 0.717) is 11.3 Å². The Balaban J connectivity index is 1.81. The fourth-order valence-electron chi connectivity index (χ4n) is 1.55. The number of amides is 2. The number of nitriles is 1. The summed E-state index contributed by atoms with van der Waals surface area (Å²) in [5.41, 5.74) is 4.93. The summed E-state index contributed by atoms with van der Waals surface area (Å²) >= 11 is 0. The molecule has 0 saturated heterocycles. The van der Waals surface area contributed by atoms with E-state index in [-0.39, 0.29) is 12.3 Å². The van der Waals surface area contributed by atoms with E-state index in [1.807, 2.05) is 6.07 Å². The third-order valence-electron chi connectivity index (χ3n) is 2.58. The van der Waals surface area contributed by atoms with Crippen LogP contribution in [0.1, 0.15) is 16.1 Å². The highest BCUT2D eigenvalue weighted by Gasteiger charge is 2.09. The Morgan fingerprint density at radius 3 is 2.64 bits per heavy atom. The van der Waals surface area contributed by atoms with E-state index < -0.39 is 11.8 Å². The fourth-order valence-corrected chi connectivity index (χ4v) is 1.55. The van der Waals surface area contributed by atoms with Crippen LogP contribution in [-0.2, 0) is 4.79 Å². The number of nitrogens with zero attached hydrogens (tertiary/aromatic N) is 2. The van der Waals surface area contributed by atoms with Gasteiger partial charge in [0.05, 0.1) is 5.56 Å². The van der Waals surface area contributed by atoms with Crippen molar-refractivity contribution in [2.24, 2.45) is 0 Å². The average Bonchev–Trinajstić information content (AvgIpc) is 2.58. The molecular formula is C15H12N4O3. The van der Waals surface area contributed by atoms with Crippen LogP contribution in [0.3, 0.4) is 0 Å². The van der Waals surface area contributed by atoms with Crippen LogP contribution in [0.2, 0.25) is 0 Å². The summed E-state index contributed by atoms with van der Waals surface area (Å²) in [7, 11) is 0. The molecule has 0 spiro atoms. The molecule has 22 heavy (non-hydrogen) atoms. The molecule has 7 nitrogen and oxygen atoms in total. The van der Waals surface area contributed by atoms with Crippen molar-refractivity contribution < 1.29 is 14.3 Å². The minimum absolute atomic E-state index is 0.179. The molecule has 0 atom stereocenters. The predicted molar refractivity (Wildman–Crippen MR) is 76.5 cm³/mol. The van der Waals surface area contributed by atoms with Gasteiger partial charge in [-0.3, -0.25) is 25.4 Å². The van der Waals surface area contributed by atoms with Gasteiger partial charge in [0.15, 0.2) is 6.61 Å². The molecule has 0 aliphatic rings. The van der Waals surface area contributed by atoms with Gasteiger partial charge >= 0.3 is 0 Å². The van der Waals surface area contributed by atoms with Gasteiger partial charge in [-0.2, -0.15) is 5.26 Å². The van der Waals surface area contributed by atoms with E-state index in [2.05, 4.69) is 15.8 Å². The summed E-state index contributed by atoms with van der Waals surface area (Å²) in [5.74, 6) is -0.792. The van der Waals surface area contributed by atoms with E-state index >= 15 is 0 Å². The quantitative estimate of drug-likeness (QED) is 0.812. The van der Waals surface area contributed by atoms with E-state index in [4.69, 9.17) is 10.00 Å². The summed E-state index contributed by atoms with van der Waals surface area (Å²) in [6.07, 6.45) is 1.47. The monoisotopic (exact) mass is 296 g/mol. The van der Waals surface area contributed by atoms with Crippen LogP contribution in [0.25, 0.3) is 0 Å². The van der Waals surface area contributed by atoms with Crippen molar-refractivity contribution in [3.8, 4) is 11.8 Å². The molecule has 0 radical (unpaired) electrons. The second-order valence-electron chi connectivity index (χ2n) is 4.11. The van der Waals surface area contributed by atoms with Crippen molar-refractivity contribution >= 4 is 11.8 Å². The van der Waals surface area contributed by atoms with E-state index in [1.54, 1.807) is 36.4 Å². The fraction of sp³-hybridized carbons (Fsp3) is 0.0667. The number of carbonyl (C=O) groups excluding carboxylic acids is 2. The van der Waals surface area contributed by atoms with Crippen molar-refractivity contribution in [2.45, 2.75) is 0 Å². The molecule has 2 amide bonds. The first kappa shape index (κ1) is 15.0. The number of hydrogen-bond acceptors (Lipinski definition) is 5. The smallest absolute Gasteiger partial charge is 0.288 e. The summed E-state index contributed by atoms with van der Waals surface area (Å²) in [4.78, 5) is 27.1. The number of rotatable bonds is 4. The van der Waals surface area contributed by atoms with Crippen molar-refractivity contribution in [3.05, 3.63) is 59.9 Å². The second kappa shape index (κ2) is 7.40. The molecule has 110 valence electrons. The SMILES string of the molecule is N#Cc1ccccc1OCC(=O)NNC(=O)c1ccccn1. The highest BCUT2D eigenvalue weighted by Crippen LogP contribution is 2.15. The van der Waals surface area contributed by atoms with Gasteiger partial charge in [0.25, 0.3) is 11.8 Å². The highest BCUT2D eigenvalue weighted by atomic mass is 16.5. The molecule has 0 unspecified atom stereocenters. The Hall–Kier alpha value is -3.40. The number of ether oxygens (including phenoxy) is 1. The van der Waals surface area contributed by atoms with Crippen molar-refractivity contribution in [1.82, 2.24) is 15.8 Å². The van der Waals surface area contributed by atoms with Crippen LogP contribution in [-0.4, -0.2) is 23.4 Å². The Bertz CT molecular complexity index is 710. The molecule has 2 N–H and O–H groups in total. The lowest BCUT2D eigenvalue weighted by atomic mass is 10.2. The molecule has 1 heterocycles. The summed E-state index contributed by atoms with van der Waals surface area (Å²) in [6.45, 7) is -0.332. The van der Waals surface area contributed by atoms with Gasteiger partial charge in [-0.1, -0.05) is 18.2 Å². The molecule has 0 aliphatic carbocycles. The number of pyridine rings is 1. The van der Waals surface area contributed by atoms with Gasteiger partial charge in [0, 0.05) is 6.20 Å². The van der Waals surface area contributed by atoms with E-state index in [9.17, 15) is 9.59 Å². The number of nitrogens with one attached hydrogen (secondary N) is 2. The van der Waals surface area contributed by atoms with E-state index in [0.717, 1.165) is 0 Å². The third-order valence-corrected chi connectivity index (χ3v) is 2.58. The first-order valence-electron chi connectivity index (χ1n) is 6.33. The lowest BCUT2D eigenvalue weighted by Crippen LogP contribution is -2.44. The molecule has 2 rings (SSSR count). The molecule has 0 saturated carbocycles. The maximum absolute atomic E-state index is 11.7. The minimum atomic E-state index is -0.558. The first-order chi connectivity index (χ1) is 10.7. The largest absolute Gasteiger partial charge is 0.482 e. The lowest BCUT2D eigenvalue weighted by molar-refractivity contribution is -0.123. The van der Waals surface area contributed by atoms with Gasteiger partial charge in [-0.05, 0) is 24.3 Å². The number of hydrogen-bond donors (Lipinski definition) is 2. The number of para-hydroxylation sites is 1. The van der Waals surface area contributed by atoms with Gasteiger partial charge in [-0.15, -0.1) is 0 Å². The predicted octanol–water partition coefficient (Wildman–Crippen LogP) is 0.793. The van der Waals surface area contributed by atoms with Crippen molar-refractivity contribution in [3.63, 3.8) is 0 Å². The Kier molecular flexibility index (Phi) is 5.04. The summed E-state index contributed by atoms with van der Waals surface area (Å²) in [6, 6.07) is 13.4.